The normalized spacial score (nSPS) is 18.5. The predicted molar refractivity (Wildman–Crippen MR) is 152 cm³/mol. The number of aromatic nitrogens is 2. The summed E-state index contributed by atoms with van der Waals surface area (Å²) in [7, 11) is 0. The average Bonchev–Trinajstić information content (AvgIpc) is 3.64. The first-order valence-corrected chi connectivity index (χ1v) is 14.2. The smallest absolute Gasteiger partial charge is 0.331 e. The molecule has 1 atom stereocenters. The van der Waals surface area contributed by atoms with E-state index in [1.54, 1.807) is 33.7 Å². The number of likely N-dealkylation sites (tertiary alicyclic amines) is 1. The van der Waals surface area contributed by atoms with E-state index in [4.69, 9.17) is 4.74 Å². The number of piperidine rings is 1. The predicted octanol–water partition coefficient (Wildman–Crippen LogP) is 3.52. The molecule has 0 unspecified atom stereocenters. The van der Waals surface area contributed by atoms with Crippen LogP contribution in [-0.4, -0.2) is 51.7 Å². The molecule has 2 aliphatic heterocycles. The standard InChI is InChI=1S/C30H35N5O5/c1-18(2)35-25-9-8-22(15-24(25)28(37)34(30(35)39)16-19-5-6-19)32-29(38)33-12-3-4-23(17-33)31-27(36)21-7-10-26-20(14-21)11-13-40-26/h7-10,14-15,18-19,23H,3-6,11-13,16-17H2,1-2H3,(H,31,36)(H,32,38)/t23-/m1/s1. The van der Waals surface area contributed by atoms with Crippen molar-refractivity contribution >= 4 is 28.5 Å². The summed E-state index contributed by atoms with van der Waals surface area (Å²) in [5.74, 6) is 1.05. The molecule has 40 heavy (non-hydrogen) atoms. The zero-order valence-electron chi connectivity index (χ0n) is 22.9. The van der Waals surface area contributed by atoms with Crippen molar-refractivity contribution in [3.05, 3.63) is 68.4 Å². The van der Waals surface area contributed by atoms with E-state index in [1.807, 2.05) is 26.0 Å². The Balaban J connectivity index is 1.17. The summed E-state index contributed by atoms with van der Waals surface area (Å²) < 4.78 is 8.53. The van der Waals surface area contributed by atoms with E-state index >= 15 is 0 Å². The molecule has 2 aromatic carbocycles. The number of amides is 3. The van der Waals surface area contributed by atoms with Crippen LogP contribution in [0.15, 0.2) is 46.0 Å². The molecule has 3 amide bonds. The zero-order chi connectivity index (χ0) is 28.0. The maximum atomic E-state index is 13.3. The summed E-state index contributed by atoms with van der Waals surface area (Å²) in [5.41, 5.74) is 2.08. The van der Waals surface area contributed by atoms with Gasteiger partial charge in [-0.2, -0.15) is 0 Å². The summed E-state index contributed by atoms with van der Waals surface area (Å²) in [6.07, 6.45) is 4.41. The SMILES string of the molecule is CC(C)n1c(=O)n(CC2CC2)c(=O)c2cc(NC(=O)N3CCC[C@@H](NC(=O)c4ccc5c(c4)CCO5)C3)ccc21. The molecule has 1 saturated carbocycles. The van der Waals surface area contributed by atoms with E-state index in [9.17, 15) is 19.2 Å². The van der Waals surface area contributed by atoms with Crippen LogP contribution in [0.2, 0.25) is 0 Å². The number of hydrogen-bond acceptors (Lipinski definition) is 5. The van der Waals surface area contributed by atoms with E-state index in [1.165, 1.54) is 4.57 Å². The quantitative estimate of drug-likeness (QED) is 0.492. The third-order valence-electron chi connectivity index (χ3n) is 8.07. The van der Waals surface area contributed by atoms with Crippen molar-refractivity contribution < 1.29 is 14.3 Å². The molecule has 3 heterocycles. The van der Waals surface area contributed by atoms with Gasteiger partial charge in [0.25, 0.3) is 11.5 Å². The molecule has 10 heteroatoms. The number of ether oxygens (including phenoxy) is 1. The fourth-order valence-corrected chi connectivity index (χ4v) is 5.76. The van der Waals surface area contributed by atoms with Gasteiger partial charge in [-0.15, -0.1) is 0 Å². The molecule has 3 aliphatic rings. The molecule has 2 N–H and O–H groups in total. The maximum Gasteiger partial charge on any atom is 0.331 e. The Kier molecular flexibility index (Phi) is 6.85. The van der Waals surface area contributed by atoms with Crippen LogP contribution in [0, 0.1) is 5.92 Å². The van der Waals surface area contributed by atoms with E-state index < -0.39 is 0 Å². The number of nitrogens with zero attached hydrogens (tertiary/aromatic N) is 3. The molecule has 10 nitrogen and oxygen atoms in total. The van der Waals surface area contributed by atoms with E-state index in [2.05, 4.69) is 10.6 Å². The number of carbonyl (C=O) groups is 2. The summed E-state index contributed by atoms with van der Waals surface area (Å²) in [4.78, 5) is 54.3. The van der Waals surface area contributed by atoms with Crippen molar-refractivity contribution in [3.63, 3.8) is 0 Å². The fourth-order valence-electron chi connectivity index (χ4n) is 5.76. The van der Waals surface area contributed by atoms with Crippen LogP contribution in [0.5, 0.6) is 5.75 Å². The van der Waals surface area contributed by atoms with Gasteiger partial charge in [0, 0.05) is 49.4 Å². The van der Waals surface area contributed by atoms with Crippen LogP contribution in [0.4, 0.5) is 10.5 Å². The van der Waals surface area contributed by atoms with Crippen molar-refractivity contribution in [2.24, 2.45) is 5.92 Å². The number of rotatable bonds is 6. The summed E-state index contributed by atoms with van der Waals surface area (Å²) in [6, 6.07) is 10.0. The highest BCUT2D eigenvalue weighted by molar-refractivity contribution is 5.95. The van der Waals surface area contributed by atoms with Crippen LogP contribution in [0.3, 0.4) is 0 Å². The maximum absolute atomic E-state index is 13.3. The molecule has 210 valence electrons. The second-order valence-corrected chi connectivity index (χ2v) is 11.4. The molecule has 1 aliphatic carbocycles. The molecule has 0 bridgehead atoms. The van der Waals surface area contributed by atoms with Gasteiger partial charge in [0.15, 0.2) is 0 Å². The van der Waals surface area contributed by atoms with Crippen molar-refractivity contribution in [2.45, 2.75) is 64.6 Å². The lowest BCUT2D eigenvalue weighted by atomic mass is 10.0. The Hall–Kier alpha value is -4.08. The van der Waals surface area contributed by atoms with Crippen LogP contribution >= 0.6 is 0 Å². The number of anilines is 1. The lowest BCUT2D eigenvalue weighted by molar-refractivity contribution is 0.0913. The number of carbonyl (C=O) groups excluding carboxylic acids is 2. The van der Waals surface area contributed by atoms with Gasteiger partial charge in [0.2, 0.25) is 0 Å². The van der Waals surface area contributed by atoms with E-state index in [0.717, 1.165) is 43.4 Å². The van der Waals surface area contributed by atoms with E-state index in [0.29, 0.717) is 54.3 Å². The first kappa shape index (κ1) is 26.2. The average molecular weight is 546 g/mol. The summed E-state index contributed by atoms with van der Waals surface area (Å²) in [5, 5.41) is 6.42. The number of urea groups is 1. The number of hydrogen-bond donors (Lipinski definition) is 2. The highest BCUT2D eigenvalue weighted by Gasteiger charge is 2.27. The van der Waals surface area contributed by atoms with Crippen LogP contribution in [-0.2, 0) is 13.0 Å². The first-order valence-electron chi connectivity index (χ1n) is 14.2. The minimum absolute atomic E-state index is 0.118. The summed E-state index contributed by atoms with van der Waals surface area (Å²) in [6.45, 7) is 5.87. The molecule has 0 radical (unpaired) electrons. The van der Waals surface area contributed by atoms with Gasteiger partial charge < -0.3 is 20.3 Å². The fraction of sp³-hybridized carbons (Fsp3) is 0.467. The molecule has 1 aromatic heterocycles. The Morgan fingerprint density at radius 1 is 1.07 bits per heavy atom. The Morgan fingerprint density at radius 2 is 1.90 bits per heavy atom. The summed E-state index contributed by atoms with van der Waals surface area (Å²) >= 11 is 0. The molecule has 0 spiro atoms. The topological polar surface area (TPSA) is 115 Å². The molecular weight excluding hydrogens is 510 g/mol. The Labute approximate surface area is 231 Å². The zero-order valence-corrected chi connectivity index (χ0v) is 22.9. The van der Waals surface area contributed by atoms with Gasteiger partial charge in [-0.1, -0.05) is 0 Å². The van der Waals surface area contributed by atoms with Crippen molar-refractivity contribution in [1.29, 1.82) is 0 Å². The molecule has 2 fully saturated rings. The number of fused-ring (bicyclic) bond motifs is 2. The highest BCUT2D eigenvalue weighted by Crippen LogP contribution is 2.30. The van der Waals surface area contributed by atoms with Crippen molar-refractivity contribution in [3.8, 4) is 5.75 Å². The minimum Gasteiger partial charge on any atom is -0.493 e. The molecule has 1 saturated heterocycles. The Morgan fingerprint density at radius 3 is 2.67 bits per heavy atom. The van der Waals surface area contributed by atoms with Gasteiger partial charge in [-0.25, -0.2) is 9.59 Å². The van der Waals surface area contributed by atoms with Crippen LogP contribution in [0.1, 0.15) is 61.5 Å². The van der Waals surface area contributed by atoms with Crippen LogP contribution in [0.25, 0.3) is 10.9 Å². The van der Waals surface area contributed by atoms with Gasteiger partial charge in [-0.05, 0) is 87.4 Å². The molecule has 3 aromatic rings. The minimum atomic E-state index is -0.321. The highest BCUT2D eigenvalue weighted by atomic mass is 16.5. The van der Waals surface area contributed by atoms with Crippen molar-refractivity contribution in [1.82, 2.24) is 19.4 Å². The second-order valence-electron chi connectivity index (χ2n) is 11.4. The van der Waals surface area contributed by atoms with Crippen LogP contribution < -0.4 is 26.6 Å². The largest absolute Gasteiger partial charge is 0.493 e. The second kappa shape index (κ2) is 10.5. The molecular formula is C30H35N5O5. The Bertz CT molecular complexity index is 1600. The molecule has 6 rings (SSSR count). The monoisotopic (exact) mass is 545 g/mol. The van der Waals surface area contributed by atoms with Gasteiger partial charge in [0.1, 0.15) is 5.75 Å². The first-order chi connectivity index (χ1) is 19.3. The third-order valence-corrected chi connectivity index (χ3v) is 8.07. The van der Waals surface area contributed by atoms with E-state index in [-0.39, 0.29) is 35.3 Å². The number of nitrogens with one attached hydrogen (secondary N) is 2. The van der Waals surface area contributed by atoms with Crippen molar-refractivity contribution in [2.75, 3.05) is 25.0 Å². The lowest BCUT2D eigenvalue weighted by Gasteiger charge is -2.33. The van der Waals surface area contributed by atoms with Gasteiger partial charge >= 0.3 is 11.7 Å². The van der Waals surface area contributed by atoms with Gasteiger partial charge in [-0.3, -0.25) is 18.7 Å². The number of benzene rings is 2. The third kappa shape index (κ3) is 5.10. The lowest BCUT2D eigenvalue weighted by Crippen LogP contribution is -2.50. The van der Waals surface area contributed by atoms with Gasteiger partial charge in [0.05, 0.1) is 17.5 Å².